The summed E-state index contributed by atoms with van der Waals surface area (Å²) in [5.74, 6) is 0. The summed E-state index contributed by atoms with van der Waals surface area (Å²) in [4.78, 5) is 8.19. The third kappa shape index (κ3) is 2.94. The molecule has 110 valence electrons. The molecule has 1 N–H and O–H groups in total. The van der Waals surface area contributed by atoms with E-state index in [2.05, 4.69) is 45.7 Å². The summed E-state index contributed by atoms with van der Waals surface area (Å²) in [6, 6.07) is 10.7. The molecule has 2 aromatic heterocycles. The minimum absolute atomic E-state index is 0.134. The molecule has 2 atom stereocenters. The third-order valence-electron chi connectivity index (χ3n) is 3.79. The Bertz CT molecular complexity index is 583. The van der Waals surface area contributed by atoms with Crippen LogP contribution in [0.1, 0.15) is 42.4 Å². The molecule has 1 saturated heterocycles. The average Bonchev–Trinajstić information content (AvgIpc) is 3.13. The molecule has 0 spiro atoms. The highest BCUT2D eigenvalue weighted by atomic mass is 32.1. The van der Waals surface area contributed by atoms with Crippen LogP contribution in [0.2, 0.25) is 0 Å². The van der Waals surface area contributed by atoms with E-state index >= 15 is 0 Å². The summed E-state index contributed by atoms with van der Waals surface area (Å²) >= 11 is 7.36. The van der Waals surface area contributed by atoms with Crippen molar-refractivity contribution >= 4 is 28.7 Å². The van der Waals surface area contributed by atoms with Crippen LogP contribution in [0, 0.1) is 0 Å². The number of nitrogens with zero attached hydrogens (tertiary/aromatic N) is 2. The number of aromatic nitrogens is 1. The van der Waals surface area contributed by atoms with Crippen LogP contribution in [0.25, 0.3) is 0 Å². The SMILES string of the molecule is CCCCN1C(=S)N[C@H](c2ccccn2)[C@H]1c1cccs1. The maximum atomic E-state index is 5.57. The third-order valence-corrected chi connectivity index (χ3v) is 5.08. The molecule has 0 bridgehead atoms. The fourth-order valence-corrected chi connectivity index (χ4v) is 3.95. The van der Waals surface area contributed by atoms with Gasteiger partial charge in [0.15, 0.2) is 5.11 Å². The van der Waals surface area contributed by atoms with E-state index in [1.54, 1.807) is 11.3 Å². The van der Waals surface area contributed by atoms with Gasteiger partial charge in [-0.3, -0.25) is 4.98 Å². The molecule has 0 unspecified atom stereocenters. The van der Waals surface area contributed by atoms with Crippen molar-refractivity contribution in [3.05, 3.63) is 52.5 Å². The molecule has 3 nitrogen and oxygen atoms in total. The van der Waals surface area contributed by atoms with E-state index in [1.807, 2.05) is 18.3 Å². The standard InChI is InChI=1S/C16H19N3S2/c1-2-3-10-19-15(13-8-6-11-21-13)14(18-16(19)20)12-7-4-5-9-17-12/h4-9,11,14-15H,2-3,10H2,1H3,(H,18,20)/t14-,15-/m1/s1. The van der Waals surface area contributed by atoms with E-state index in [-0.39, 0.29) is 12.1 Å². The van der Waals surface area contributed by atoms with E-state index in [1.165, 1.54) is 11.3 Å². The lowest BCUT2D eigenvalue weighted by Crippen LogP contribution is -2.30. The smallest absolute Gasteiger partial charge is 0.170 e. The number of unbranched alkanes of at least 4 members (excludes halogenated alkanes) is 1. The summed E-state index contributed by atoms with van der Waals surface area (Å²) < 4.78 is 0. The second-order valence-corrected chi connectivity index (χ2v) is 6.55. The van der Waals surface area contributed by atoms with Crippen molar-refractivity contribution in [1.29, 1.82) is 0 Å². The maximum Gasteiger partial charge on any atom is 0.170 e. The van der Waals surface area contributed by atoms with Crippen LogP contribution in [-0.2, 0) is 0 Å². The van der Waals surface area contributed by atoms with Gasteiger partial charge in [0, 0.05) is 17.6 Å². The van der Waals surface area contributed by atoms with E-state index in [0.717, 1.165) is 23.8 Å². The number of rotatable bonds is 5. The highest BCUT2D eigenvalue weighted by Crippen LogP contribution is 2.40. The van der Waals surface area contributed by atoms with Gasteiger partial charge in [0.05, 0.1) is 17.8 Å². The maximum absolute atomic E-state index is 5.57. The fourth-order valence-electron chi connectivity index (χ4n) is 2.74. The largest absolute Gasteiger partial charge is 0.352 e. The minimum Gasteiger partial charge on any atom is -0.352 e. The Morgan fingerprint density at radius 1 is 1.33 bits per heavy atom. The predicted octanol–water partition coefficient (Wildman–Crippen LogP) is 3.92. The van der Waals surface area contributed by atoms with Gasteiger partial charge in [-0.2, -0.15) is 0 Å². The molecule has 0 amide bonds. The van der Waals surface area contributed by atoms with Crippen LogP contribution in [0.4, 0.5) is 0 Å². The summed E-state index contributed by atoms with van der Waals surface area (Å²) in [5, 5.41) is 6.44. The number of thiophene rings is 1. The van der Waals surface area contributed by atoms with E-state index in [4.69, 9.17) is 12.2 Å². The lowest BCUT2D eigenvalue weighted by Gasteiger charge is -2.26. The van der Waals surface area contributed by atoms with E-state index < -0.39 is 0 Å². The molecule has 0 saturated carbocycles. The Balaban J connectivity index is 1.94. The lowest BCUT2D eigenvalue weighted by atomic mass is 10.0. The van der Waals surface area contributed by atoms with Gasteiger partial charge in [-0.25, -0.2) is 0 Å². The zero-order valence-corrected chi connectivity index (χ0v) is 13.7. The molecule has 0 aromatic carbocycles. The Hall–Kier alpha value is -1.46. The molecule has 2 aromatic rings. The lowest BCUT2D eigenvalue weighted by molar-refractivity contribution is 0.317. The van der Waals surface area contributed by atoms with Crippen molar-refractivity contribution in [3.8, 4) is 0 Å². The van der Waals surface area contributed by atoms with Crippen LogP contribution in [0.15, 0.2) is 41.9 Å². The van der Waals surface area contributed by atoms with Crippen LogP contribution in [0.5, 0.6) is 0 Å². The van der Waals surface area contributed by atoms with Gasteiger partial charge in [-0.15, -0.1) is 11.3 Å². The first kappa shape index (κ1) is 14.5. The first-order valence-electron chi connectivity index (χ1n) is 7.32. The first-order valence-corrected chi connectivity index (χ1v) is 8.61. The van der Waals surface area contributed by atoms with Crippen molar-refractivity contribution in [2.45, 2.75) is 31.8 Å². The second kappa shape index (κ2) is 6.54. The Labute approximate surface area is 135 Å². The molecular formula is C16H19N3S2. The summed E-state index contributed by atoms with van der Waals surface area (Å²) in [6.45, 7) is 3.21. The van der Waals surface area contributed by atoms with E-state index in [9.17, 15) is 0 Å². The van der Waals surface area contributed by atoms with Crippen molar-refractivity contribution in [2.75, 3.05) is 6.54 Å². The molecule has 0 radical (unpaired) electrons. The Morgan fingerprint density at radius 3 is 2.90 bits per heavy atom. The zero-order valence-electron chi connectivity index (χ0n) is 12.0. The molecule has 3 rings (SSSR count). The van der Waals surface area contributed by atoms with Gasteiger partial charge in [-0.05, 0) is 42.2 Å². The van der Waals surface area contributed by atoms with Crippen molar-refractivity contribution < 1.29 is 0 Å². The van der Waals surface area contributed by atoms with Gasteiger partial charge >= 0.3 is 0 Å². The average molecular weight is 317 g/mol. The quantitative estimate of drug-likeness (QED) is 0.846. The van der Waals surface area contributed by atoms with Crippen LogP contribution in [-0.4, -0.2) is 21.5 Å². The second-order valence-electron chi connectivity index (χ2n) is 5.19. The highest BCUT2D eigenvalue weighted by Gasteiger charge is 2.39. The molecular weight excluding hydrogens is 298 g/mol. The van der Waals surface area contributed by atoms with Crippen molar-refractivity contribution in [2.24, 2.45) is 0 Å². The normalized spacial score (nSPS) is 21.6. The highest BCUT2D eigenvalue weighted by molar-refractivity contribution is 7.80. The van der Waals surface area contributed by atoms with Gasteiger partial charge < -0.3 is 10.2 Å². The Morgan fingerprint density at radius 2 is 2.24 bits per heavy atom. The fraction of sp³-hybridized carbons (Fsp3) is 0.375. The van der Waals surface area contributed by atoms with Gasteiger partial charge in [-0.1, -0.05) is 25.5 Å². The summed E-state index contributed by atoms with van der Waals surface area (Å²) in [5.41, 5.74) is 1.05. The van der Waals surface area contributed by atoms with Crippen molar-refractivity contribution in [3.63, 3.8) is 0 Å². The first-order chi connectivity index (χ1) is 10.3. The number of hydrogen-bond donors (Lipinski definition) is 1. The topological polar surface area (TPSA) is 28.2 Å². The van der Waals surface area contributed by atoms with E-state index in [0.29, 0.717) is 0 Å². The number of pyridine rings is 1. The molecule has 1 aliphatic heterocycles. The predicted molar refractivity (Wildman–Crippen MR) is 91.4 cm³/mol. The van der Waals surface area contributed by atoms with Gasteiger partial charge in [0.25, 0.3) is 0 Å². The van der Waals surface area contributed by atoms with Gasteiger partial charge in [0.2, 0.25) is 0 Å². The molecule has 0 aliphatic carbocycles. The number of hydrogen-bond acceptors (Lipinski definition) is 3. The molecule has 1 fully saturated rings. The molecule has 3 heterocycles. The minimum atomic E-state index is 0.134. The Kier molecular flexibility index (Phi) is 4.51. The molecule has 1 aliphatic rings. The zero-order chi connectivity index (χ0) is 14.7. The molecule has 21 heavy (non-hydrogen) atoms. The van der Waals surface area contributed by atoms with Crippen molar-refractivity contribution in [1.82, 2.24) is 15.2 Å². The monoisotopic (exact) mass is 317 g/mol. The summed E-state index contributed by atoms with van der Waals surface area (Å²) in [6.07, 6.45) is 4.17. The van der Waals surface area contributed by atoms with Crippen LogP contribution < -0.4 is 5.32 Å². The number of thiocarbonyl (C=S) groups is 1. The van der Waals surface area contributed by atoms with Crippen LogP contribution >= 0.6 is 23.6 Å². The van der Waals surface area contributed by atoms with Crippen LogP contribution in [0.3, 0.4) is 0 Å². The number of nitrogens with one attached hydrogen (secondary N) is 1. The van der Waals surface area contributed by atoms with Gasteiger partial charge in [0.1, 0.15) is 0 Å². The molecule has 5 heteroatoms. The summed E-state index contributed by atoms with van der Waals surface area (Å²) in [7, 11) is 0.